The van der Waals surface area contributed by atoms with Gasteiger partial charge in [-0.3, -0.25) is 0 Å². The minimum atomic E-state index is -0.427. The molecule has 2 aromatic rings. The molecule has 21 heavy (non-hydrogen) atoms. The first-order valence-corrected chi connectivity index (χ1v) is 7.41. The molecule has 0 unspecified atom stereocenters. The number of rotatable bonds is 2. The molecule has 0 saturated heterocycles. The van der Waals surface area contributed by atoms with Crippen LogP contribution in [0, 0.1) is 0 Å². The van der Waals surface area contributed by atoms with E-state index in [-0.39, 0.29) is 0 Å². The molecule has 4 rings (SSSR count). The molecule has 0 amide bonds. The number of fused-ring (bicyclic) bond motifs is 2. The van der Waals surface area contributed by atoms with Crippen molar-refractivity contribution in [3.05, 3.63) is 57.6 Å². The molecule has 104 valence electrons. The zero-order valence-corrected chi connectivity index (χ0v) is 12.5. The third kappa shape index (κ3) is 2.50. The van der Waals surface area contributed by atoms with Crippen molar-refractivity contribution < 1.29 is 13.9 Å². The van der Waals surface area contributed by atoms with E-state index in [2.05, 4.69) is 0 Å². The van der Waals surface area contributed by atoms with Crippen LogP contribution in [0.3, 0.4) is 0 Å². The highest BCUT2D eigenvalue weighted by Gasteiger charge is 2.39. The van der Waals surface area contributed by atoms with Gasteiger partial charge in [0.2, 0.25) is 0 Å². The molecule has 0 N–H and O–H groups in total. The van der Waals surface area contributed by atoms with Crippen LogP contribution in [0.5, 0.6) is 0 Å². The van der Waals surface area contributed by atoms with E-state index in [9.17, 15) is 0 Å². The van der Waals surface area contributed by atoms with Gasteiger partial charge < -0.3 is 13.9 Å². The summed E-state index contributed by atoms with van der Waals surface area (Å²) in [5.74, 6) is 0. The minimum Gasteiger partial charge on any atom is -0.443 e. The zero-order valence-electron chi connectivity index (χ0n) is 11.0. The Bertz CT molecular complexity index is 651. The molecule has 0 aromatic heterocycles. The minimum absolute atomic E-state index is 0.427. The molecule has 0 atom stereocenters. The van der Waals surface area contributed by atoms with Crippen molar-refractivity contribution in [1.29, 1.82) is 0 Å². The summed E-state index contributed by atoms with van der Waals surface area (Å²) in [6.07, 6.45) is 0. The van der Waals surface area contributed by atoms with Gasteiger partial charge >= 0.3 is 14.2 Å². The Morgan fingerprint density at radius 1 is 0.810 bits per heavy atom. The van der Waals surface area contributed by atoms with E-state index in [1.165, 1.54) is 0 Å². The molecular weight excluding hydrogens is 309 g/mol. The fourth-order valence-corrected chi connectivity index (χ4v) is 3.10. The normalized spacial score (nSPS) is 16.3. The summed E-state index contributed by atoms with van der Waals surface area (Å²) in [5.41, 5.74) is 4.12. The maximum absolute atomic E-state index is 5.99. The maximum atomic E-state index is 5.99. The van der Waals surface area contributed by atoms with Crippen molar-refractivity contribution in [2.75, 3.05) is 0 Å². The van der Waals surface area contributed by atoms with Gasteiger partial charge in [-0.2, -0.15) is 0 Å². The summed E-state index contributed by atoms with van der Waals surface area (Å²) in [5, 5.41) is 1.41. The molecule has 0 aliphatic carbocycles. The number of hydrogen-bond acceptors (Lipinski definition) is 3. The molecule has 0 fully saturated rings. The lowest BCUT2D eigenvalue weighted by molar-refractivity contribution is 0.238. The number of benzene rings is 2. The highest BCUT2D eigenvalue weighted by Crippen LogP contribution is 2.20. The lowest BCUT2D eigenvalue weighted by Gasteiger charge is -2.12. The molecule has 2 aromatic carbocycles. The molecule has 0 spiro atoms. The van der Waals surface area contributed by atoms with Crippen molar-refractivity contribution in [1.82, 2.24) is 0 Å². The number of hydrogen-bond donors (Lipinski definition) is 0. The van der Waals surface area contributed by atoms with Crippen LogP contribution < -0.4 is 10.9 Å². The van der Waals surface area contributed by atoms with Crippen molar-refractivity contribution in [2.24, 2.45) is 0 Å². The summed E-state index contributed by atoms with van der Waals surface area (Å²) < 4.78 is 17.4. The van der Waals surface area contributed by atoms with Crippen LogP contribution in [-0.4, -0.2) is 14.2 Å². The van der Waals surface area contributed by atoms with Gasteiger partial charge in [0.15, 0.2) is 0 Å². The van der Waals surface area contributed by atoms with Gasteiger partial charge in [0.1, 0.15) is 0 Å². The van der Waals surface area contributed by atoms with E-state index in [0.717, 1.165) is 22.1 Å². The Kier molecular flexibility index (Phi) is 3.48. The second-order valence-electron chi connectivity index (χ2n) is 5.11. The van der Waals surface area contributed by atoms with Crippen LogP contribution >= 0.6 is 23.2 Å². The van der Waals surface area contributed by atoms with Crippen LogP contribution in [0.2, 0.25) is 10.0 Å². The average Bonchev–Trinajstić information content (AvgIpc) is 3.03. The van der Waals surface area contributed by atoms with Gasteiger partial charge in [0.25, 0.3) is 0 Å². The summed E-state index contributed by atoms with van der Waals surface area (Å²) in [7, 11) is -0.854. The van der Waals surface area contributed by atoms with E-state index in [0.29, 0.717) is 23.3 Å². The first-order chi connectivity index (χ1) is 10.2. The third-order valence-electron chi connectivity index (χ3n) is 3.75. The monoisotopic (exact) mass is 318 g/mol. The Hall–Kier alpha value is -0.970. The van der Waals surface area contributed by atoms with Crippen LogP contribution in [0.1, 0.15) is 11.1 Å². The van der Waals surface area contributed by atoms with Crippen LogP contribution in [-0.2, 0) is 27.1 Å². The molecule has 7 heteroatoms. The Morgan fingerprint density at radius 2 is 1.29 bits per heavy atom. The molecule has 0 radical (unpaired) electrons. The zero-order chi connectivity index (χ0) is 14.4. The van der Waals surface area contributed by atoms with Crippen LogP contribution in [0.25, 0.3) is 0 Å². The summed E-state index contributed by atoms with van der Waals surface area (Å²) >= 11 is 12.0. The Morgan fingerprint density at radius 3 is 1.76 bits per heavy atom. The maximum Gasteiger partial charge on any atom is 0.481 e. The highest BCUT2D eigenvalue weighted by atomic mass is 35.5. The fraction of sp³-hybridized carbons (Fsp3) is 0.143. The molecule has 2 aliphatic rings. The van der Waals surface area contributed by atoms with Gasteiger partial charge in [-0.1, -0.05) is 35.3 Å². The molecule has 2 heterocycles. The van der Waals surface area contributed by atoms with E-state index >= 15 is 0 Å². The Labute approximate surface area is 133 Å². The second-order valence-corrected chi connectivity index (χ2v) is 5.98. The van der Waals surface area contributed by atoms with Crippen molar-refractivity contribution in [2.45, 2.75) is 13.2 Å². The predicted molar refractivity (Wildman–Crippen MR) is 84.3 cm³/mol. The number of halogens is 2. The van der Waals surface area contributed by atoms with Crippen LogP contribution in [0.4, 0.5) is 0 Å². The third-order valence-corrected chi connectivity index (χ3v) is 4.22. The summed E-state index contributed by atoms with van der Waals surface area (Å²) in [4.78, 5) is 0. The van der Waals surface area contributed by atoms with Crippen LogP contribution in [0.15, 0.2) is 36.4 Å². The standard InChI is InChI=1S/C14H10B2Cl2O3/c17-11-1-3-13-9(5-11)7-19-15(13)21-16-14-4-2-12(18)6-10(14)8-20-16/h1-6H,7-8H2. The second kappa shape index (κ2) is 5.34. The van der Waals surface area contributed by atoms with E-state index in [1.807, 2.05) is 36.4 Å². The lowest BCUT2D eigenvalue weighted by atomic mass is 9.71. The van der Waals surface area contributed by atoms with E-state index in [4.69, 9.17) is 37.1 Å². The SMILES string of the molecule is Clc1ccc2c(c1)COB2OB1OCc2cc(Cl)ccc21. The fourth-order valence-electron chi connectivity index (χ4n) is 2.71. The predicted octanol–water partition coefficient (Wildman–Crippen LogP) is 2.16. The molecule has 0 saturated carbocycles. The van der Waals surface area contributed by atoms with Gasteiger partial charge in [-0.05, 0) is 46.3 Å². The van der Waals surface area contributed by atoms with Gasteiger partial charge in [-0.15, -0.1) is 0 Å². The first-order valence-electron chi connectivity index (χ1n) is 6.66. The van der Waals surface area contributed by atoms with Crippen molar-refractivity contribution in [3.8, 4) is 0 Å². The van der Waals surface area contributed by atoms with E-state index < -0.39 is 14.2 Å². The molecule has 0 bridgehead atoms. The lowest BCUT2D eigenvalue weighted by Crippen LogP contribution is -2.43. The molecular formula is C14H10B2Cl2O3. The van der Waals surface area contributed by atoms with Crippen molar-refractivity contribution >= 4 is 48.4 Å². The average molecular weight is 319 g/mol. The Balaban J connectivity index is 1.57. The molecule has 2 aliphatic heterocycles. The van der Waals surface area contributed by atoms with E-state index in [1.54, 1.807) is 0 Å². The molecule has 3 nitrogen and oxygen atoms in total. The quantitative estimate of drug-likeness (QED) is 0.794. The van der Waals surface area contributed by atoms with Gasteiger partial charge in [-0.25, -0.2) is 0 Å². The topological polar surface area (TPSA) is 27.7 Å². The smallest absolute Gasteiger partial charge is 0.443 e. The van der Waals surface area contributed by atoms with Gasteiger partial charge in [0.05, 0.1) is 13.2 Å². The summed E-state index contributed by atoms with van der Waals surface area (Å²) in [6, 6.07) is 11.4. The highest BCUT2D eigenvalue weighted by molar-refractivity contribution is 6.75. The van der Waals surface area contributed by atoms with Crippen molar-refractivity contribution in [3.63, 3.8) is 0 Å². The largest absolute Gasteiger partial charge is 0.481 e. The summed E-state index contributed by atoms with van der Waals surface area (Å²) in [6.45, 7) is 1.00. The van der Waals surface area contributed by atoms with Gasteiger partial charge in [0, 0.05) is 10.0 Å². The first kappa shape index (κ1) is 13.7.